The summed E-state index contributed by atoms with van der Waals surface area (Å²) in [5.74, 6) is -2.22. The van der Waals surface area contributed by atoms with Crippen LogP contribution in [-0.2, 0) is 6.18 Å². The Kier molecular flexibility index (Phi) is 4.08. The number of carbonyl (C=O) groups is 1. The summed E-state index contributed by atoms with van der Waals surface area (Å²) in [4.78, 5) is 19.0. The summed E-state index contributed by atoms with van der Waals surface area (Å²) >= 11 is 5.49. The number of benzene rings is 1. The van der Waals surface area contributed by atoms with Crippen molar-refractivity contribution in [1.82, 2.24) is 9.97 Å². The molecule has 0 saturated carbocycles. The molecule has 1 aromatic heterocycles. The predicted octanol–water partition coefficient (Wildman–Crippen LogP) is 3.54. The molecule has 0 aliphatic rings. The van der Waals surface area contributed by atoms with Gasteiger partial charge in [-0.25, -0.2) is 14.4 Å². The van der Waals surface area contributed by atoms with Crippen molar-refractivity contribution in [2.24, 2.45) is 0 Å². The highest BCUT2D eigenvalue weighted by atomic mass is 35.5. The highest BCUT2D eigenvalue weighted by molar-refractivity contribution is 6.29. The van der Waals surface area contributed by atoms with Crippen molar-refractivity contribution >= 4 is 23.2 Å². The molecule has 1 amide bonds. The first-order chi connectivity index (χ1) is 9.77. The maximum absolute atomic E-state index is 13.1. The topological polar surface area (TPSA) is 54.9 Å². The number of nitrogens with zero attached hydrogens (tertiary/aromatic N) is 2. The molecule has 0 spiro atoms. The zero-order chi connectivity index (χ0) is 15.6. The molecule has 21 heavy (non-hydrogen) atoms. The van der Waals surface area contributed by atoms with Crippen molar-refractivity contribution < 1.29 is 22.4 Å². The Morgan fingerprint density at radius 3 is 2.48 bits per heavy atom. The van der Waals surface area contributed by atoms with Gasteiger partial charge in [-0.15, -0.1) is 0 Å². The Hall–Kier alpha value is -2.22. The second kappa shape index (κ2) is 5.65. The Morgan fingerprint density at radius 2 is 1.90 bits per heavy atom. The first kappa shape index (κ1) is 15.2. The average Bonchev–Trinajstić information content (AvgIpc) is 2.40. The van der Waals surface area contributed by atoms with Crippen molar-refractivity contribution in [3.63, 3.8) is 0 Å². The van der Waals surface area contributed by atoms with E-state index in [0.717, 1.165) is 18.5 Å². The van der Waals surface area contributed by atoms with Crippen LogP contribution < -0.4 is 5.32 Å². The number of hydrogen-bond acceptors (Lipinski definition) is 3. The maximum atomic E-state index is 13.1. The van der Waals surface area contributed by atoms with E-state index in [4.69, 9.17) is 11.6 Å². The molecule has 0 bridgehead atoms. The number of hydrogen-bond donors (Lipinski definition) is 1. The van der Waals surface area contributed by atoms with Gasteiger partial charge in [0, 0.05) is 5.69 Å². The van der Waals surface area contributed by atoms with Crippen molar-refractivity contribution in [3.05, 3.63) is 52.8 Å². The lowest BCUT2D eigenvalue weighted by molar-refractivity contribution is -0.139. The summed E-state index contributed by atoms with van der Waals surface area (Å²) in [6.07, 6.45) is -2.68. The lowest BCUT2D eigenvalue weighted by Crippen LogP contribution is -2.15. The van der Waals surface area contributed by atoms with Crippen molar-refractivity contribution in [1.29, 1.82) is 0 Å². The van der Waals surface area contributed by atoms with E-state index in [1.165, 1.54) is 0 Å². The van der Waals surface area contributed by atoms with Crippen molar-refractivity contribution in [2.75, 3.05) is 5.32 Å². The highest BCUT2D eigenvalue weighted by Crippen LogP contribution is 2.33. The van der Waals surface area contributed by atoms with Gasteiger partial charge >= 0.3 is 6.18 Å². The average molecular weight is 320 g/mol. The molecule has 0 aliphatic carbocycles. The van der Waals surface area contributed by atoms with E-state index in [1.54, 1.807) is 0 Å². The van der Waals surface area contributed by atoms with Gasteiger partial charge in [0.15, 0.2) is 0 Å². The molecule has 0 atom stereocenters. The molecular weight excluding hydrogens is 314 g/mol. The minimum absolute atomic E-state index is 0.0627. The Balaban J connectivity index is 2.24. The van der Waals surface area contributed by atoms with E-state index in [2.05, 4.69) is 15.3 Å². The van der Waals surface area contributed by atoms with E-state index >= 15 is 0 Å². The van der Waals surface area contributed by atoms with Gasteiger partial charge in [-0.2, -0.15) is 13.2 Å². The van der Waals surface area contributed by atoms with E-state index in [-0.39, 0.29) is 16.5 Å². The fourth-order valence-electron chi connectivity index (χ4n) is 1.44. The number of nitrogens with one attached hydrogen (secondary N) is 1. The third-order valence-corrected chi connectivity index (χ3v) is 2.58. The SMILES string of the molecule is O=C(Nc1ccc(F)c(C(F)(F)F)c1)c1cnc(Cl)cn1. The molecule has 110 valence electrons. The molecule has 0 fully saturated rings. The first-order valence-corrected chi connectivity index (χ1v) is 5.81. The summed E-state index contributed by atoms with van der Waals surface area (Å²) in [7, 11) is 0. The number of alkyl halides is 3. The fourth-order valence-corrected chi connectivity index (χ4v) is 1.54. The van der Waals surface area contributed by atoms with Crippen LogP contribution in [0, 0.1) is 5.82 Å². The van der Waals surface area contributed by atoms with E-state index in [0.29, 0.717) is 12.1 Å². The summed E-state index contributed by atoms with van der Waals surface area (Å²) in [5.41, 5.74) is -1.83. The zero-order valence-electron chi connectivity index (χ0n) is 10.1. The van der Waals surface area contributed by atoms with Gasteiger partial charge in [0.1, 0.15) is 16.7 Å². The van der Waals surface area contributed by atoms with E-state index < -0.39 is 23.5 Å². The summed E-state index contributed by atoms with van der Waals surface area (Å²) in [6.45, 7) is 0. The Bertz CT molecular complexity index is 673. The smallest absolute Gasteiger partial charge is 0.321 e. The van der Waals surface area contributed by atoms with Crippen molar-refractivity contribution in [3.8, 4) is 0 Å². The van der Waals surface area contributed by atoms with Crippen LogP contribution in [-0.4, -0.2) is 15.9 Å². The van der Waals surface area contributed by atoms with Gasteiger partial charge in [-0.05, 0) is 18.2 Å². The first-order valence-electron chi connectivity index (χ1n) is 5.43. The van der Waals surface area contributed by atoms with Gasteiger partial charge < -0.3 is 5.32 Å². The van der Waals surface area contributed by atoms with Gasteiger partial charge in [-0.1, -0.05) is 11.6 Å². The van der Waals surface area contributed by atoms with Crippen LogP contribution in [0.4, 0.5) is 23.2 Å². The monoisotopic (exact) mass is 319 g/mol. The number of carbonyl (C=O) groups excluding carboxylic acids is 1. The van der Waals surface area contributed by atoms with Crippen LogP contribution in [0.3, 0.4) is 0 Å². The number of halogens is 5. The van der Waals surface area contributed by atoms with Gasteiger partial charge in [0.2, 0.25) is 0 Å². The minimum Gasteiger partial charge on any atom is -0.321 e. The molecular formula is C12H6ClF4N3O. The number of rotatable bonds is 2. The molecule has 0 radical (unpaired) electrons. The standard InChI is InChI=1S/C12H6ClF4N3O/c13-10-5-18-9(4-19-10)11(21)20-6-1-2-8(14)7(3-6)12(15,16)17/h1-5H,(H,20,21). The van der Waals surface area contributed by atoms with Crippen LogP contribution in [0.2, 0.25) is 5.15 Å². The molecule has 4 nitrogen and oxygen atoms in total. The van der Waals surface area contributed by atoms with Crippen LogP contribution in [0.5, 0.6) is 0 Å². The lowest BCUT2D eigenvalue weighted by atomic mass is 10.1. The third-order valence-electron chi connectivity index (χ3n) is 2.38. The maximum Gasteiger partial charge on any atom is 0.419 e. The second-order valence-electron chi connectivity index (χ2n) is 3.87. The van der Waals surface area contributed by atoms with Crippen LogP contribution in [0.15, 0.2) is 30.6 Å². The van der Waals surface area contributed by atoms with E-state index in [1.807, 2.05) is 0 Å². The quantitative estimate of drug-likeness (QED) is 0.861. The second-order valence-corrected chi connectivity index (χ2v) is 4.26. The van der Waals surface area contributed by atoms with Gasteiger partial charge in [-0.3, -0.25) is 4.79 Å². The summed E-state index contributed by atoms with van der Waals surface area (Å²) in [5, 5.41) is 2.23. The largest absolute Gasteiger partial charge is 0.419 e. The third kappa shape index (κ3) is 3.66. The number of amides is 1. The molecule has 0 unspecified atom stereocenters. The molecule has 9 heteroatoms. The molecule has 0 aliphatic heterocycles. The normalized spacial score (nSPS) is 11.3. The van der Waals surface area contributed by atoms with E-state index in [9.17, 15) is 22.4 Å². The predicted molar refractivity (Wildman–Crippen MR) is 66.4 cm³/mol. The zero-order valence-corrected chi connectivity index (χ0v) is 10.8. The van der Waals surface area contributed by atoms with Gasteiger partial charge in [0.25, 0.3) is 5.91 Å². The number of aromatic nitrogens is 2. The fraction of sp³-hybridized carbons (Fsp3) is 0.0833. The van der Waals surface area contributed by atoms with Gasteiger partial charge in [0.05, 0.1) is 18.0 Å². The number of anilines is 1. The molecule has 2 rings (SSSR count). The lowest BCUT2D eigenvalue weighted by Gasteiger charge is -2.10. The Morgan fingerprint density at radius 1 is 1.19 bits per heavy atom. The van der Waals surface area contributed by atoms with Crippen molar-refractivity contribution in [2.45, 2.75) is 6.18 Å². The van der Waals surface area contributed by atoms with Crippen LogP contribution in [0.25, 0.3) is 0 Å². The molecule has 2 aromatic rings. The molecule has 1 heterocycles. The van der Waals surface area contributed by atoms with Crippen LogP contribution >= 0.6 is 11.6 Å². The molecule has 1 aromatic carbocycles. The highest BCUT2D eigenvalue weighted by Gasteiger charge is 2.34. The summed E-state index contributed by atoms with van der Waals surface area (Å²) in [6, 6.07) is 2.12. The molecule has 0 saturated heterocycles. The van der Waals surface area contributed by atoms with Crippen LogP contribution in [0.1, 0.15) is 16.1 Å². The molecule has 1 N–H and O–H groups in total. The Labute approximate surface area is 120 Å². The minimum atomic E-state index is -4.86. The summed E-state index contributed by atoms with van der Waals surface area (Å²) < 4.78 is 50.7.